The number of hydrogen-bond donors (Lipinski definition) is 2. The highest BCUT2D eigenvalue weighted by Crippen LogP contribution is 2.59. The first-order valence-corrected chi connectivity index (χ1v) is 27.7. The van der Waals surface area contributed by atoms with E-state index in [0.29, 0.717) is 29.0 Å². The Hall–Kier alpha value is -3.54. The first kappa shape index (κ1) is 43.7. The molecule has 9 atom stereocenters. The van der Waals surface area contributed by atoms with Gasteiger partial charge in [0.15, 0.2) is 0 Å². The molecule has 12 aliphatic rings. The normalized spacial score (nSPS) is 37.2. The van der Waals surface area contributed by atoms with E-state index in [1.54, 1.807) is 38.5 Å². The van der Waals surface area contributed by atoms with E-state index >= 15 is 0 Å². The molecule has 4 aliphatic heterocycles. The van der Waals surface area contributed by atoms with E-state index in [4.69, 9.17) is 0 Å². The van der Waals surface area contributed by atoms with Crippen LogP contribution in [0.5, 0.6) is 0 Å². The van der Waals surface area contributed by atoms with Crippen LogP contribution >= 0.6 is 11.8 Å². The average Bonchev–Trinajstić information content (AvgIpc) is 3.74. The SMILES string of the molecule is CN1C(C2=C3C(CCC2)SC2=CCCCC23)NC(C2=CC(C#N)=C(N3C4=C(CCC=C4)C(C)(C)C4=C3C=CCC4)CC2N2C3=C(CCCC3)C(C)(C)C3CCC=CC32)NC1C1C=CCCC1. The van der Waals surface area contributed by atoms with Gasteiger partial charge in [0.2, 0.25) is 0 Å². The first-order chi connectivity index (χ1) is 32.1. The lowest BCUT2D eigenvalue weighted by Crippen LogP contribution is -2.71. The fourth-order valence-corrected chi connectivity index (χ4v) is 17.6. The Morgan fingerprint density at radius 3 is 2.29 bits per heavy atom. The number of thioether (sulfide) groups is 1. The maximum atomic E-state index is 11.7. The fraction of sp³-hybridized carbons (Fsp3) is 0.610. The van der Waals surface area contributed by atoms with Gasteiger partial charge in [-0.3, -0.25) is 15.5 Å². The van der Waals surface area contributed by atoms with E-state index in [0.717, 1.165) is 44.1 Å². The Labute approximate surface area is 401 Å². The van der Waals surface area contributed by atoms with Crippen molar-refractivity contribution in [2.24, 2.45) is 28.6 Å². The molecule has 7 heteroatoms. The molecule has 348 valence electrons. The van der Waals surface area contributed by atoms with Crippen LogP contribution in [0, 0.1) is 39.9 Å². The van der Waals surface area contributed by atoms with Gasteiger partial charge in [-0.2, -0.15) is 5.26 Å². The van der Waals surface area contributed by atoms with Crippen LogP contribution in [-0.2, 0) is 0 Å². The number of fused-ring (bicyclic) bond motifs is 4. The number of rotatable bonds is 5. The molecule has 66 heavy (non-hydrogen) atoms. The number of allylic oxidation sites excluding steroid dienone is 14. The molecule has 0 bridgehead atoms. The van der Waals surface area contributed by atoms with Gasteiger partial charge in [0.1, 0.15) is 6.07 Å². The van der Waals surface area contributed by atoms with Gasteiger partial charge in [-0.15, -0.1) is 11.8 Å². The van der Waals surface area contributed by atoms with Gasteiger partial charge in [0, 0.05) is 51.7 Å². The van der Waals surface area contributed by atoms with Crippen LogP contribution in [-0.4, -0.2) is 57.6 Å². The van der Waals surface area contributed by atoms with Crippen molar-refractivity contribution in [3.05, 3.63) is 127 Å². The molecule has 8 aliphatic carbocycles. The summed E-state index contributed by atoms with van der Waals surface area (Å²) in [6.07, 6.45) is 48.8. The molecule has 0 radical (unpaired) electrons. The molecule has 12 rings (SSSR count). The second-order valence-corrected chi connectivity index (χ2v) is 24.4. The summed E-state index contributed by atoms with van der Waals surface area (Å²) >= 11 is 2.21. The van der Waals surface area contributed by atoms with Crippen LogP contribution in [0.4, 0.5) is 0 Å². The predicted octanol–water partition coefficient (Wildman–Crippen LogP) is 13.3. The minimum atomic E-state index is -0.0760. The highest BCUT2D eigenvalue weighted by Gasteiger charge is 2.53. The molecule has 9 unspecified atom stereocenters. The monoisotopic (exact) mass is 901 g/mol. The van der Waals surface area contributed by atoms with Crippen molar-refractivity contribution in [3.8, 4) is 6.07 Å². The maximum absolute atomic E-state index is 11.7. The van der Waals surface area contributed by atoms with Crippen molar-refractivity contribution in [1.29, 1.82) is 5.26 Å². The number of likely N-dealkylation sites (N-methyl/N-ethyl adjacent to an activating group) is 1. The minimum absolute atomic E-state index is 0.00113. The molecule has 2 N–H and O–H groups in total. The summed E-state index contributed by atoms with van der Waals surface area (Å²) in [4.78, 5) is 10.0. The maximum Gasteiger partial charge on any atom is 0.101 e. The summed E-state index contributed by atoms with van der Waals surface area (Å²) in [5.74, 6) is 1.60. The Bertz CT molecular complexity index is 2390. The molecular weight excluding hydrogens is 825 g/mol. The lowest BCUT2D eigenvalue weighted by Gasteiger charge is -2.59. The summed E-state index contributed by atoms with van der Waals surface area (Å²) in [6, 6.07) is 3.35. The molecule has 0 spiro atoms. The topological polar surface area (TPSA) is 57.6 Å². The van der Waals surface area contributed by atoms with Crippen molar-refractivity contribution in [3.63, 3.8) is 0 Å². The predicted molar refractivity (Wildman–Crippen MR) is 272 cm³/mol. The minimum Gasteiger partial charge on any atom is -0.361 e. The summed E-state index contributed by atoms with van der Waals surface area (Å²) in [5, 5.41) is 21.2. The molecule has 2 fully saturated rings. The summed E-state index contributed by atoms with van der Waals surface area (Å²) < 4.78 is 0. The van der Waals surface area contributed by atoms with Crippen molar-refractivity contribution in [1.82, 2.24) is 25.3 Å². The van der Waals surface area contributed by atoms with E-state index in [2.05, 4.69) is 139 Å². The zero-order valence-corrected chi connectivity index (χ0v) is 41.6. The van der Waals surface area contributed by atoms with Crippen molar-refractivity contribution in [2.75, 3.05) is 7.05 Å². The smallest absolute Gasteiger partial charge is 0.101 e. The molecule has 6 nitrogen and oxygen atoms in total. The average molecular weight is 901 g/mol. The lowest BCUT2D eigenvalue weighted by molar-refractivity contribution is 0.0282. The van der Waals surface area contributed by atoms with Gasteiger partial charge < -0.3 is 9.80 Å². The van der Waals surface area contributed by atoms with E-state index < -0.39 is 0 Å². The second kappa shape index (κ2) is 17.1. The zero-order chi connectivity index (χ0) is 44.9. The molecule has 0 saturated carbocycles. The van der Waals surface area contributed by atoms with Crippen LogP contribution in [0.3, 0.4) is 0 Å². The zero-order valence-electron chi connectivity index (χ0n) is 40.8. The molecule has 0 aromatic heterocycles. The van der Waals surface area contributed by atoms with Crippen molar-refractivity contribution >= 4 is 11.8 Å². The number of nitrogens with one attached hydrogen (secondary N) is 2. The van der Waals surface area contributed by atoms with Crippen LogP contribution < -0.4 is 10.6 Å². The van der Waals surface area contributed by atoms with Gasteiger partial charge in [0.05, 0.1) is 36.2 Å². The lowest BCUT2D eigenvalue weighted by atomic mass is 9.60. The van der Waals surface area contributed by atoms with E-state index in [1.807, 2.05) is 0 Å². The number of nitriles is 1. The second-order valence-electron chi connectivity index (χ2n) is 23.1. The molecule has 0 aromatic carbocycles. The summed E-state index contributed by atoms with van der Waals surface area (Å²) in [6.45, 7) is 10.1. The third-order valence-corrected chi connectivity index (χ3v) is 20.6. The Morgan fingerprint density at radius 2 is 1.52 bits per heavy atom. The van der Waals surface area contributed by atoms with Crippen LogP contribution in [0.25, 0.3) is 0 Å². The van der Waals surface area contributed by atoms with Crippen LogP contribution in [0.15, 0.2) is 127 Å². The third kappa shape index (κ3) is 6.94. The molecule has 2 saturated heterocycles. The van der Waals surface area contributed by atoms with Gasteiger partial charge in [-0.1, -0.05) is 70.2 Å². The summed E-state index contributed by atoms with van der Waals surface area (Å²) in [7, 11) is 2.42. The van der Waals surface area contributed by atoms with Crippen LogP contribution in [0.1, 0.15) is 156 Å². The fourth-order valence-electron chi connectivity index (χ4n) is 15.9. The molecular formula is C59H76N6S. The largest absolute Gasteiger partial charge is 0.361 e. The third-order valence-electron chi connectivity index (χ3n) is 19.1. The summed E-state index contributed by atoms with van der Waals surface area (Å²) in [5.41, 5.74) is 16.2. The van der Waals surface area contributed by atoms with Crippen molar-refractivity contribution < 1.29 is 0 Å². The van der Waals surface area contributed by atoms with Crippen LogP contribution in [0.2, 0.25) is 0 Å². The first-order valence-electron chi connectivity index (χ1n) is 26.8. The molecule has 0 amide bonds. The highest BCUT2D eigenvalue weighted by atomic mass is 32.2. The number of hydrogen-bond acceptors (Lipinski definition) is 7. The molecule has 4 heterocycles. The van der Waals surface area contributed by atoms with Crippen molar-refractivity contribution in [2.45, 2.75) is 192 Å². The number of nitrogens with zero attached hydrogens (tertiary/aromatic N) is 4. The Morgan fingerprint density at radius 1 is 0.742 bits per heavy atom. The Kier molecular flexibility index (Phi) is 11.4. The van der Waals surface area contributed by atoms with Gasteiger partial charge in [-0.25, -0.2) is 0 Å². The van der Waals surface area contributed by atoms with Gasteiger partial charge in [0.25, 0.3) is 0 Å². The van der Waals surface area contributed by atoms with Gasteiger partial charge >= 0.3 is 0 Å². The standard InChI is InChI=1S/C59H76N6S/c1-58(2)42-24-10-14-28-46(42)64(47-29-15-11-25-43(47)58)50-35-51(65-48-30-16-12-26-44(48)59(3,4)45-27-13-17-31-49(45)65)41(34-38(50)36-60)55-61-56(37-20-7-6-8-21-37)63(5)57(62-55)40-23-19-33-53-54(40)39-22-9-18-32-52(39)66-53/h7,14-16,20,28-30,32,34,37,39,44,48,51,53,55-57,61-62H,6,8-13,17-19,21-27,31,33,35H2,1-5H3. The van der Waals surface area contributed by atoms with E-state index in [-0.39, 0.29) is 35.4 Å². The highest BCUT2D eigenvalue weighted by molar-refractivity contribution is 8.04. The Balaban J connectivity index is 1.05. The van der Waals surface area contributed by atoms with E-state index in [9.17, 15) is 5.26 Å². The molecule has 0 aromatic rings. The van der Waals surface area contributed by atoms with Gasteiger partial charge in [-0.05, 0) is 197 Å². The van der Waals surface area contributed by atoms with E-state index in [1.165, 1.54) is 113 Å². The quantitative estimate of drug-likeness (QED) is 0.267.